The van der Waals surface area contributed by atoms with Gasteiger partial charge in [-0.2, -0.15) is 8.42 Å². The van der Waals surface area contributed by atoms with Gasteiger partial charge in [0, 0.05) is 18.6 Å². The fraction of sp³-hybridized carbons (Fsp3) is 0.300. The van der Waals surface area contributed by atoms with Crippen LogP contribution in [-0.4, -0.2) is 36.0 Å². The quantitative estimate of drug-likeness (QED) is 0.801. The van der Waals surface area contributed by atoms with Crippen LogP contribution in [0.25, 0.3) is 0 Å². The third kappa shape index (κ3) is 3.33. The molecule has 0 aliphatic carbocycles. The van der Waals surface area contributed by atoms with E-state index in [0.717, 1.165) is 11.3 Å². The van der Waals surface area contributed by atoms with Gasteiger partial charge in [0.25, 0.3) is 10.0 Å². The van der Waals surface area contributed by atoms with Gasteiger partial charge < -0.3 is 9.30 Å². The van der Waals surface area contributed by atoms with Crippen molar-refractivity contribution in [3.05, 3.63) is 23.6 Å². The number of carbonyl (C=O) groups excluding carboxylic acids is 1. The Labute approximate surface area is 119 Å². The van der Waals surface area contributed by atoms with E-state index in [1.165, 1.54) is 24.2 Å². The average Bonchev–Trinajstić information content (AvgIpc) is 2.98. The second-order valence-electron chi connectivity index (χ2n) is 3.88. The predicted molar refractivity (Wildman–Crippen MR) is 71.9 cm³/mol. The fourth-order valence-electron chi connectivity index (χ4n) is 1.35. The third-order valence-electron chi connectivity index (χ3n) is 2.28. The van der Waals surface area contributed by atoms with E-state index in [2.05, 4.69) is 19.4 Å². The number of hydrogen-bond donors (Lipinski definition) is 1. The maximum absolute atomic E-state index is 12.0. The number of aromatic nitrogens is 3. The minimum absolute atomic E-state index is 0.00167. The first-order chi connectivity index (χ1) is 9.40. The molecule has 0 saturated heterocycles. The Balaban J connectivity index is 2.12. The lowest BCUT2D eigenvalue weighted by Crippen LogP contribution is -2.13. The van der Waals surface area contributed by atoms with Crippen molar-refractivity contribution >= 4 is 32.5 Å². The molecule has 0 bridgehead atoms. The van der Waals surface area contributed by atoms with Gasteiger partial charge in [0.1, 0.15) is 0 Å². The molecule has 10 heteroatoms. The van der Waals surface area contributed by atoms with Gasteiger partial charge in [-0.1, -0.05) is 0 Å². The molecule has 0 unspecified atom stereocenters. The number of carbonyl (C=O) groups is 1. The van der Waals surface area contributed by atoms with E-state index in [9.17, 15) is 13.2 Å². The predicted octanol–water partition coefficient (Wildman–Crippen LogP) is 0.393. The monoisotopic (exact) mass is 316 g/mol. The highest BCUT2D eigenvalue weighted by atomic mass is 32.2. The number of hydrogen-bond acceptors (Lipinski definition) is 7. The number of sulfonamides is 1. The first kappa shape index (κ1) is 14.5. The summed E-state index contributed by atoms with van der Waals surface area (Å²) in [5, 5.41) is 1.67. The fourth-order valence-corrected chi connectivity index (χ4v) is 3.30. The second kappa shape index (κ2) is 5.59. The van der Waals surface area contributed by atoms with Gasteiger partial charge in [-0.15, -0.1) is 11.3 Å². The van der Waals surface area contributed by atoms with Crippen LogP contribution >= 0.6 is 11.3 Å². The number of nitrogens with one attached hydrogen (secondary N) is 1. The molecule has 0 aromatic carbocycles. The van der Waals surface area contributed by atoms with E-state index in [1.807, 2.05) is 0 Å². The van der Waals surface area contributed by atoms with Crippen molar-refractivity contribution in [2.24, 2.45) is 7.05 Å². The van der Waals surface area contributed by atoms with Crippen molar-refractivity contribution in [3.63, 3.8) is 0 Å². The van der Waals surface area contributed by atoms with Crippen LogP contribution < -0.4 is 4.72 Å². The van der Waals surface area contributed by atoms with Crippen LogP contribution in [0.1, 0.15) is 5.69 Å². The van der Waals surface area contributed by atoms with E-state index < -0.39 is 16.0 Å². The standard InChI is InChI=1S/C10H12N4O4S2/c1-14-4-8(11-6-14)20(16,17)13-10-12-7(5-19-10)3-9(15)18-2/h4-6H,3H2,1-2H3,(H,12,13). The van der Waals surface area contributed by atoms with Crippen LogP contribution in [0.2, 0.25) is 0 Å². The molecule has 8 nitrogen and oxygen atoms in total. The highest BCUT2D eigenvalue weighted by Gasteiger charge is 2.19. The average molecular weight is 316 g/mol. The van der Waals surface area contributed by atoms with Crippen molar-refractivity contribution in [2.75, 3.05) is 11.8 Å². The molecule has 2 heterocycles. The first-order valence-electron chi connectivity index (χ1n) is 5.42. The third-order valence-corrected chi connectivity index (χ3v) is 4.44. The lowest BCUT2D eigenvalue weighted by atomic mass is 10.3. The van der Waals surface area contributed by atoms with Gasteiger partial charge in [-0.25, -0.2) is 9.97 Å². The summed E-state index contributed by atoms with van der Waals surface area (Å²) >= 11 is 1.09. The molecule has 2 rings (SSSR count). The van der Waals surface area contributed by atoms with E-state index in [0.29, 0.717) is 5.69 Å². The second-order valence-corrected chi connectivity index (χ2v) is 6.37. The van der Waals surface area contributed by atoms with Gasteiger partial charge in [-0.3, -0.25) is 9.52 Å². The summed E-state index contributed by atoms with van der Waals surface area (Å²) in [6.45, 7) is 0. The van der Waals surface area contributed by atoms with Crippen LogP contribution in [-0.2, 0) is 33.0 Å². The van der Waals surface area contributed by atoms with Crippen LogP contribution in [0, 0.1) is 0 Å². The lowest BCUT2D eigenvalue weighted by molar-refractivity contribution is -0.139. The lowest BCUT2D eigenvalue weighted by Gasteiger charge is -2.01. The zero-order valence-electron chi connectivity index (χ0n) is 10.7. The summed E-state index contributed by atoms with van der Waals surface area (Å²) in [4.78, 5) is 18.9. The number of rotatable bonds is 5. The Bertz CT molecular complexity index is 719. The molecule has 2 aromatic heterocycles. The smallest absolute Gasteiger partial charge is 0.311 e. The Kier molecular flexibility index (Phi) is 4.04. The summed E-state index contributed by atoms with van der Waals surface area (Å²) in [5.41, 5.74) is 0.445. The molecule has 0 amide bonds. The van der Waals surface area contributed by atoms with Crippen molar-refractivity contribution < 1.29 is 17.9 Å². The van der Waals surface area contributed by atoms with Gasteiger partial charge in [0.2, 0.25) is 0 Å². The number of esters is 1. The zero-order valence-corrected chi connectivity index (χ0v) is 12.4. The van der Waals surface area contributed by atoms with Crippen molar-refractivity contribution in [1.82, 2.24) is 14.5 Å². The SMILES string of the molecule is COC(=O)Cc1csc(NS(=O)(=O)c2cn(C)cn2)n1. The number of anilines is 1. The molecular weight excluding hydrogens is 304 g/mol. The molecule has 108 valence electrons. The van der Waals surface area contributed by atoms with Gasteiger partial charge in [0.15, 0.2) is 10.2 Å². The molecule has 0 fully saturated rings. The molecule has 20 heavy (non-hydrogen) atoms. The topological polar surface area (TPSA) is 103 Å². The molecule has 0 atom stereocenters. The van der Waals surface area contributed by atoms with Crippen LogP contribution in [0.4, 0.5) is 5.13 Å². The van der Waals surface area contributed by atoms with E-state index >= 15 is 0 Å². The Morgan fingerprint density at radius 2 is 2.30 bits per heavy atom. The molecule has 2 aromatic rings. The Hall–Kier alpha value is -1.94. The first-order valence-corrected chi connectivity index (χ1v) is 7.79. The number of methoxy groups -OCH3 is 1. The minimum Gasteiger partial charge on any atom is -0.469 e. The summed E-state index contributed by atoms with van der Waals surface area (Å²) in [6, 6.07) is 0. The summed E-state index contributed by atoms with van der Waals surface area (Å²) in [7, 11) is -0.816. The molecule has 0 radical (unpaired) electrons. The largest absolute Gasteiger partial charge is 0.469 e. The number of imidazole rings is 1. The van der Waals surface area contributed by atoms with Crippen molar-refractivity contribution in [2.45, 2.75) is 11.4 Å². The highest BCUT2D eigenvalue weighted by Crippen LogP contribution is 2.19. The van der Waals surface area contributed by atoms with Crippen LogP contribution in [0.15, 0.2) is 22.9 Å². The molecule has 0 aliphatic heterocycles. The maximum atomic E-state index is 12.0. The highest BCUT2D eigenvalue weighted by molar-refractivity contribution is 7.92. The summed E-state index contributed by atoms with van der Waals surface area (Å²) in [6.07, 6.45) is 2.77. The maximum Gasteiger partial charge on any atom is 0.311 e. The normalized spacial score (nSPS) is 11.3. The van der Waals surface area contributed by atoms with Crippen LogP contribution in [0.5, 0.6) is 0 Å². The number of ether oxygens (including phenoxy) is 1. The Morgan fingerprint density at radius 1 is 1.55 bits per heavy atom. The molecule has 0 spiro atoms. The van der Waals surface area contributed by atoms with Gasteiger partial charge in [0.05, 0.1) is 25.6 Å². The zero-order chi connectivity index (χ0) is 14.8. The summed E-state index contributed by atoms with van der Waals surface area (Å²) < 4.78 is 32.3. The Morgan fingerprint density at radius 3 is 2.90 bits per heavy atom. The number of nitrogens with zero attached hydrogens (tertiary/aromatic N) is 3. The molecule has 0 saturated carbocycles. The molecule has 0 aliphatic rings. The molecule has 1 N–H and O–H groups in total. The van der Waals surface area contributed by atoms with E-state index in [4.69, 9.17) is 0 Å². The minimum atomic E-state index is -3.76. The van der Waals surface area contributed by atoms with Gasteiger partial charge >= 0.3 is 5.97 Å². The van der Waals surface area contributed by atoms with Crippen LogP contribution in [0.3, 0.4) is 0 Å². The van der Waals surface area contributed by atoms with E-state index in [-0.39, 0.29) is 16.6 Å². The van der Waals surface area contributed by atoms with Crippen molar-refractivity contribution in [3.8, 4) is 0 Å². The van der Waals surface area contributed by atoms with Gasteiger partial charge in [-0.05, 0) is 0 Å². The molecular formula is C10H12N4O4S2. The number of thiazole rings is 1. The summed E-state index contributed by atoms with van der Waals surface area (Å²) in [5.74, 6) is -0.436. The number of aryl methyl sites for hydroxylation is 1. The van der Waals surface area contributed by atoms with E-state index in [1.54, 1.807) is 12.4 Å². The van der Waals surface area contributed by atoms with Crippen molar-refractivity contribution in [1.29, 1.82) is 0 Å².